The predicted octanol–water partition coefficient (Wildman–Crippen LogP) is 2.82. The van der Waals surface area contributed by atoms with Crippen molar-refractivity contribution in [3.8, 4) is 5.75 Å². The van der Waals surface area contributed by atoms with Crippen LogP contribution in [0.15, 0.2) is 18.2 Å². The van der Waals surface area contributed by atoms with Gasteiger partial charge in [0, 0.05) is 18.7 Å². The van der Waals surface area contributed by atoms with Crippen LogP contribution in [0, 0.1) is 17.2 Å². The third kappa shape index (κ3) is 3.30. The van der Waals surface area contributed by atoms with Crippen LogP contribution in [0.4, 0.5) is 18.0 Å². The fourth-order valence-electron chi connectivity index (χ4n) is 3.99. The number of carboxylic acid groups (broad SMARTS) is 1. The van der Waals surface area contributed by atoms with E-state index in [0.29, 0.717) is 13.0 Å². The Morgan fingerprint density at radius 2 is 2.19 bits per heavy atom. The number of urea groups is 1. The van der Waals surface area contributed by atoms with Gasteiger partial charge in [-0.25, -0.2) is 9.18 Å². The van der Waals surface area contributed by atoms with Crippen LogP contribution < -0.4 is 10.1 Å². The number of carbonyl (C=O) groups excluding carboxylic acids is 1. The lowest BCUT2D eigenvalue weighted by Crippen LogP contribution is -2.41. The lowest BCUT2D eigenvalue weighted by Gasteiger charge is -2.23. The number of likely N-dealkylation sites (tertiary alicyclic amines) is 1. The average molecular weight is 372 g/mol. The Kier molecular flexibility index (Phi) is 4.97. The van der Waals surface area contributed by atoms with Gasteiger partial charge in [0.25, 0.3) is 0 Å². The van der Waals surface area contributed by atoms with E-state index in [1.165, 1.54) is 17.0 Å². The van der Waals surface area contributed by atoms with Crippen LogP contribution in [-0.4, -0.2) is 41.7 Å². The molecule has 0 radical (unpaired) electrons. The topological polar surface area (TPSA) is 78.9 Å². The zero-order chi connectivity index (χ0) is 18.9. The Morgan fingerprint density at radius 1 is 1.42 bits per heavy atom. The number of hydrogen-bond donors (Lipinski definition) is 2. The summed E-state index contributed by atoms with van der Waals surface area (Å²) in [4.78, 5) is 25.4. The molecule has 2 N–H and O–H groups in total. The Morgan fingerprint density at radius 3 is 2.85 bits per heavy atom. The van der Waals surface area contributed by atoms with E-state index >= 15 is 0 Å². The SMILES string of the molecule is O=C(NCc1c(F)cccc1OC(F)F)N1C[C@@H]2CCC[C@@]2(C(=O)O)C1. The highest BCUT2D eigenvalue weighted by Crippen LogP contribution is 2.48. The molecule has 2 aliphatic rings. The summed E-state index contributed by atoms with van der Waals surface area (Å²) >= 11 is 0. The van der Waals surface area contributed by atoms with Crippen molar-refractivity contribution in [3.63, 3.8) is 0 Å². The van der Waals surface area contributed by atoms with E-state index < -0.39 is 29.8 Å². The number of hydrogen-bond acceptors (Lipinski definition) is 3. The minimum atomic E-state index is -3.11. The molecule has 2 atom stereocenters. The average Bonchev–Trinajstić information content (AvgIpc) is 3.11. The summed E-state index contributed by atoms with van der Waals surface area (Å²) < 4.78 is 43.1. The molecule has 1 aromatic rings. The molecule has 3 rings (SSSR count). The lowest BCUT2D eigenvalue weighted by atomic mass is 9.81. The molecule has 1 saturated carbocycles. The van der Waals surface area contributed by atoms with E-state index in [0.717, 1.165) is 18.9 Å². The molecule has 2 amide bonds. The molecule has 0 spiro atoms. The maximum Gasteiger partial charge on any atom is 0.387 e. The quantitative estimate of drug-likeness (QED) is 0.833. The largest absolute Gasteiger partial charge is 0.481 e. The number of amides is 2. The normalized spacial score (nSPS) is 24.6. The van der Waals surface area contributed by atoms with E-state index in [1.807, 2.05) is 0 Å². The Labute approximate surface area is 147 Å². The van der Waals surface area contributed by atoms with E-state index in [2.05, 4.69) is 10.1 Å². The van der Waals surface area contributed by atoms with Crippen LogP contribution >= 0.6 is 0 Å². The summed E-state index contributed by atoms with van der Waals surface area (Å²) in [6.45, 7) is -3.04. The molecule has 26 heavy (non-hydrogen) atoms. The number of ether oxygens (including phenoxy) is 1. The van der Waals surface area contributed by atoms with Gasteiger partial charge >= 0.3 is 18.6 Å². The van der Waals surface area contributed by atoms with Gasteiger partial charge in [0.15, 0.2) is 0 Å². The first-order chi connectivity index (χ1) is 12.3. The minimum Gasteiger partial charge on any atom is -0.481 e. The Balaban J connectivity index is 1.66. The lowest BCUT2D eigenvalue weighted by molar-refractivity contribution is -0.149. The molecule has 1 heterocycles. The molecule has 0 aromatic heterocycles. The fourth-order valence-corrected chi connectivity index (χ4v) is 3.99. The summed E-state index contributed by atoms with van der Waals surface area (Å²) in [6.07, 6.45) is 2.09. The highest BCUT2D eigenvalue weighted by Gasteiger charge is 2.55. The number of nitrogens with zero attached hydrogens (tertiary/aromatic N) is 1. The fraction of sp³-hybridized carbons (Fsp3) is 0.529. The predicted molar refractivity (Wildman–Crippen MR) is 84.3 cm³/mol. The Hall–Kier alpha value is -2.45. The van der Waals surface area contributed by atoms with Crippen LogP contribution in [0.1, 0.15) is 24.8 Å². The molecule has 1 aliphatic carbocycles. The molecule has 1 aliphatic heterocycles. The molecule has 0 unspecified atom stereocenters. The van der Waals surface area contributed by atoms with Crippen molar-refractivity contribution in [1.29, 1.82) is 0 Å². The number of carbonyl (C=O) groups is 2. The number of halogens is 3. The first-order valence-electron chi connectivity index (χ1n) is 8.32. The molecular formula is C17H19F3N2O4. The van der Waals surface area contributed by atoms with Crippen molar-refractivity contribution in [2.75, 3.05) is 13.1 Å². The first kappa shape index (κ1) is 18.3. The number of nitrogens with one attached hydrogen (secondary N) is 1. The molecule has 9 heteroatoms. The summed E-state index contributed by atoms with van der Waals surface area (Å²) in [5, 5.41) is 12.0. The number of alkyl halides is 2. The van der Waals surface area contributed by atoms with Gasteiger partial charge in [-0.2, -0.15) is 8.78 Å². The van der Waals surface area contributed by atoms with Crippen LogP contribution in [0.3, 0.4) is 0 Å². The van der Waals surface area contributed by atoms with Crippen LogP contribution in [-0.2, 0) is 11.3 Å². The molecule has 1 saturated heterocycles. The van der Waals surface area contributed by atoms with Gasteiger partial charge in [-0.15, -0.1) is 0 Å². The van der Waals surface area contributed by atoms with Crippen molar-refractivity contribution < 1.29 is 32.6 Å². The van der Waals surface area contributed by atoms with Crippen molar-refractivity contribution in [2.24, 2.45) is 11.3 Å². The van der Waals surface area contributed by atoms with Gasteiger partial charge in [-0.05, 0) is 30.9 Å². The van der Waals surface area contributed by atoms with Crippen LogP contribution in [0.2, 0.25) is 0 Å². The van der Waals surface area contributed by atoms with E-state index in [4.69, 9.17) is 0 Å². The standard InChI is InChI=1S/C17H19F3N2O4/c18-12-4-1-5-13(26-15(19)20)11(12)7-21-16(25)22-8-10-3-2-6-17(10,9-22)14(23)24/h1,4-5,10,15H,2-3,6-9H2,(H,21,25)(H,23,24)/t10-,17+/m0/s1. The number of carboxylic acids is 1. The highest BCUT2D eigenvalue weighted by atomic mass is 19.3. The van der Waals surface area contributed by atoms with Crippen molar-refractivity contribution in [3.05, 3.63) is 29.6 Å². The summed E-state index contributed by atoms with van der Waals surface area (Å²) in [7, 11) is 0. The smallest absolute Gasteiger partial charge is 0.387 e. The van der Waals surface area contributed by atoms with Crippen molar-refractivity contribution in [2.45, 2.75) is 32.4 Å². The molecular weight excluding hydrogens is 353 g/mol. The van der Waals surface area contributed by atoms with Gasteiger partial charge < -0.3 is 20.1 Å². The van der Waals surface area contributed by atoms with Gasteiger partial charge in [0.1, 0.15) is 11.6 Å². The van der Waals surface area contributed by atoms with Gasteiger partial charge in [-0.3, -0.25) is 4.79 Å². The monoisotopic (exact) mass is 372 g/mol. The van der Waals surface area contributed by atoms with Crippen LogP contribution in [0.25, 0.3) is 0 Å². The zero-order valence-corrected chi connectivity index (χ0v) is 13.9. The summed E-state index contributed by atoms with van der Waals surface area (Å²) in [5.41, 5.74) is -1.10. The number of benzene rings is 1. The maximum atomic E-state index is 13.9. The summed E-state index contributed by atoms with van der Waals surface area (Å²) in [6, 6.07) is 2.96. The zero-order valence-electron chi connectivity index (χ0n) is 13.9. The molecule has 6 nitrogen and oxygen atoms in total. The number of fused-ring (bicyclic) bond motifs is 1. The molecule has 0 bridgehead atoms. The Bertz CT molecular complexity index is 715. The summed E-state index contributed by atoms with van der Waals surface area (Å²) in [5.74, 6) is -2.13. The second kappa shape index (κ2) is 7.05. The van der Waals surface area contributed by atoms with Crippen molar-refractivity contribution >= 4 is 12.0 Å². The molecule has 142 valence electrons. The molecule has 1 aromatic carbocycles. The first-order valence-corrected chi connectivity index (χ1v) is 8.32. The second-order valence-corrected chi connectivity index (χ2v) is 6.68. The third-order valence-electron chi connectivity index (χ3n) is 5.29. The van der Waals surface area contributed by atoms with Gasteiger partial charge in [0.05, 0.1) is 12.0 Å². The van der Waals surface area contributed by atoms with Gasteiger partial charge in [-0.1, -0.05) is 12.5 Å². The van der Waals surface area contributed by atoms with E-state index in [1.54, 1.807) is 0 Å². The van der Waals surface area contributed by atoms with Gasteiger partial charge in [0.2, 0.25) is 0 Å². The molecule has 2 fully saturated rings. The highest BCUT2D eigenvalue weighted by molar-refractivity contribution is 5.80. The van der Waals surface area contributed by atoms with Crippen molar-refractivity contribution in [1.82, 2.24) is 10.2 Å². The third-order valence-corrected chi connectivity index (χ3v) is 5.29. The maximum absolute atomic E-state index is 13.9. The second-order valence-electron chi connectivity index (χ2n) is 6.68. The minimum absolute atomic E-state index is 0.0937. The van der Waals surface area contributed by atoms with Crippen LogP contribution in [0.5, 0.6) is 5.75 Å². The van der Waals surface area contributed by atoms with E-state index in [-0.39, 0.29) is 30.3 Å². The number of rotatable bonds is 5. The van der Waals surface area contributed by atoms with E-state index in [9.17, 15) is 27.9 Å². The number of aliphatic carboxylic acids is 1.